The number of benzene rings is 1. The minimum absolute atomic E-state index is 0.234. The molecular weight excluding hydrogens is 296 g/mol. The average Bonchev–Trinajstić information content (AvgIpc) is 2.55. The molecule has 23 heavy (non-hydrogen) atoms. The van der Waals surface area contributed by atoms with Gasteiger partial charge >= 0.3 is 12.1 Å². The lowest BCUT2D eigenvalue weighted by molar-refractivity contribution is -0.143. The minimum atomic E-state index is -0.478. The first-order valence-electron chi connectivity index (χ1n) is 7.78. The van der Waals surface area contributed by atoms with Crippen molar-refractivity contribution in [2.75, 3.05) is 20.2 Å². The summed E-state index contributed by atoms with van der Waals surface area (Å²) in [5, 5.41) is 5.73. The number of hydrogen-bond acceptors (Lipinski definition) is 5. The maximum absolute atomic E-state index is 11.6. The SMILES string of the molecule is COC(=O)[C@H](CC(C)C)NCCNC(=O)OCc1ccccc1. The molecule has 0 heterocycles. The van der Waals surface area contributed by atoms with E-state index in [1.54, 1.807) is 0 Å². The number of carbonyl (C=O) groups is 2. The van der Waals surface area contributed by atoms with E-state index in [1.807, 2.05) is 44.2 Å². The second-order valence-electron chi connectivity index (χ2n) is 5.65. The van der Waals surface area contributed by atoms with Crippen molar-refractivity contribution in [3.8, 4) is 0 Å². The first-order valence-corrected chi connectivity index (χ1v) is 7.78. The van der Waals surface area contributed by atoms with Crippen LogP contribution in [0.5, 0.6) is 0 Å². The van der Waals surface area contributed by atoms with Gasteiger partial charge in [-0.15, -0.1) is 0 Å². The third kappa shape index (κ3) is 8.21. The van der Waals surface area contributed by atoms with Crippen molar-refractivity contribution in [3.05, 3.63) is 35.9 Å². The van der Waals surface area contributed by atoms with Crippen molar-refractivity contribution < 1.29 is 19.1 Å². The van der Waals surface area contributed by atoms with Crippen LogP contribution in [0.25, 0.3) is 0 Å². The quantitative estimate of drug-likeness (QED) is 0.538. The van der Waals surface area contributed by atoms with E-state index in [0.717, 1.165) is 5.56 Å². The molecule has 6 heteroatoms. The standard InChI is InChI=1S/C17H26N2O4/c1-13(2)11-15(16(20)22-3)18-9-10-19-17(21)23-12-14-7-5-4-6-8-14/h4-8,13,15,18H,9-12H2,1-3H3,(H,19,21)/t15-/m0/s1. The first-order chi connectivity index (χ1) is 11.0. The topological polar surface area (TPSA) is 76.7 Å². The number of methoxy groups -OCH3 is 1. The van der Waals surface area contributed by atoms with Crippen LogP contribution in [0.15, 0.2) is 30.3 Å². The molecule has 0 unspecified atom stereocenters. The summed E-state index contributed by atoms with van der Waals surface area (Å²) in [7, 11) is 1.37. The van der Waals surface area contributed by atoms with Crippen molar-refractivity contribution in [1.29, 1.82) is 0 Å². The molecule has 128 valence electrons. The van der Waals surface area contributed by atoms with Crippen molar-refractivity contribution in [2.24, 2.45) is 5.92 Å². The maximum atomic E-state index is 11.6. The van der Waals surface area contributed by atoms with Crippen LogP contribution in [0, 0.1) is 5.92 Å². The van der Waals surface area contributed by atoms with Gasteiger partial charge in [-0.1, -0.05) is 44.2 Å². The molecule has 0 aliphatic carbocycles. The van der Waals surface area contributed by atoms with E-state index in [9.17, 15) is 9.59 Å². The molecule has 1 amide bonds. The number of alkyl carbamates (subject to hydrolysis) is 1. The van der Waals surface area contributed by atoms with Gasteiger partial charge in [0.05, 0.1) is 7.11 Å². The van der Waals surface area contributed by atoms with Crippen LogP contribution < -0.4 is 10.6 Å². The summed E-state index contributed by atoms with van der Waals surface area (Å²) >= 11 is 0. The third-order valence-corrected chi connectivity index (χ3v) is 3.19. The number of esters is 1. The second kappa shape index (κ2) is 10.6. The molecule has 0 aromatic heterocycles. The highest BCUT2D eigenvalue weighted by Crippen LogP contribution is 2.05. The summed E-state index contributed by atoms with van der Waals surface area (Å²) in [5.74, 6) is 0.0840. The molecule has 0 spiro atoms. The predicted molar refractivity (Wildman–Crippen MR) is 87.9 cm³/mol. The molecule has 0 saturated heterocycles. The van der Waals surface area contributed by atoms with Gasteiger partial charge in [0.25, 0.3) is 0 Å². The fourth-order valence-electron chi connectivity index (χ4n) is 2.06. The predicted octanol–water partition coefficient (Wildman–Crippen LogP) is 2.09. The Morgan fingerprint density at radius 1 is 1.13 bits per heavy atom. The average molecular weight is 322 g/mol. The van der Waals surface area contributed by atoms with E-state index in [-0.39, 0.29) is 18.6 Å². The van der Waals surface area contributed by atoms with Gasteiger partial charge in [-0.05, 0) is 17.9 Å². The van der Waals surface area contributed by atoms with Crippen LogP contribution in [0.3, 0.4) is 0 Å². The fraction of sp³-hybridized carbons (Fsp3) is 0.529. The Bertz CT molecular complexity index is 477. The number of amides is 1. The van der Waals surface area contributed by atoms with Crippen molar-refractivity contribution in [2.45, 2.75) is 32.9 Å². The largest absolute Gasteiger partial charge is 0.468 e. The van der Waals surface area contributed by atoms with Gasteiger partial charge < -0.3 is 20.1 Å². The van der Waals surface area contributed by atoms with Crippen LogP contribution in [0.1, 0.15) is 25.8 Å². The zero-order valence-electron chi connectivity index (χ0n) is 14.0. The van der Waals surface area contributed by atoms with Crippen LogP contribution >= 0.6 is 0 Å². The molecule has 2 N–H and O–H groups in total. The molecule has 1 aromatic rings. The van der Waals surface area contributed by atoms with Crippen molar-refractivity contribution in [3.63, 3.8) is 0 Å². The third-order valence-electron chi connectivity index (χ3n) is 3.19. The zero-order valence-corrected chi connectivity index (χ0v) is 14.0. The van der Waals surface area contributed by atoms with Gasteiger partial charge in [0.15, 0.2) is 0 Å². The normalized spacial score (nSPS) is 11.8. The Morgan fingerprint density at radius 2 is 1.83 bits per heavy atom. The van der Waals surface area contributed by atoms with E-state index in [2.05, 4.69) is 10.6 Å². The van der Waals surface area contributed by atoms with Gasteiger partial charge in [-0.25, -0.2) is 4.79 Å². The second-order valence-corrected chi connectivity index (χ2v) is 5.65. The van der Waals surface area contributed by atoms with Gasteiger partial charge in [0.2, 0.25) is 0 Å². The molecule has 0 saturated carbocycles. The summed E-state index contributed by atoms with van der Waals surface area (Å²) in [6.07, 6.45) is 0.208. The lowest BCUT2D eigenvalue weighted by atomic mass is 10.0. The molecule has 0 fully saturated rings. The zero-order chi connectivity index (χ0) is 17.1. The van der Waals surface area contributed by atoms with Crippen LogP contribution in [-0.4, -0.2) is 38.3 Å². The van der Waals surface area contributed by atoms with Gasteiger partial charge in [0.1, 0.15) is 12.6 Å². The molecule has 1 atom stereocenters. The van der Waals surface area contributed by atoms with Gasteiger partial charge in [-0.2, -0.15) is 0 Å². The summed E-state index contributed by atoms with van der Waals surface area (Å²) in [6, 6.07) is 9.11. The highest BCUT2D eigenvalue weighted by molar-refractivity contribution is 5.75. The summed E-state index contributed by atoms with van der Waals surface area (Å²) in [5.41, 5.74) is 0.934. The number of rotatable bonds is 9. The van der Waals surface area contributed by atoms with Gasteiger partial charge in [0, 0.05) is 13.1 Å². The number of carbonyl (C=O) groups excluding carboxylic acids is 2. The Hall–Kier alpha value is -2.08. The van der Waals surface area contributed by atoms with Crippen molar-refractivity contribution in [1.82, 2.24) is 10.6 Å². The molecule has 6 nitrogen and oxygen atoms in total. The van der Waals surface area contributed by atoms with E-state index < -0.39 is 6.09 Å². The first kappa shape index (κ1) is 19.0. The van der Waals surface area contributed by atoms with Crippen LogP contribution in [0.4, 0.5) is 4.79 Å². The molecule has 0 radical (unpaired) electrons. The lowest BCUT2D eigenvalue weighted by Gasteiger charge is -2.18. The molecule has 0 aliphatic rings. The van der Waals surface area contributed by atoms with E-state index in [1.165, 1.54) is 7.11 Å². The molecular formula is C17H26N2O4. The maximum Gasteiger partial charge on any atom is 0.407 e. The number of ether oxygens (including phenoxy) is 2. The Labute approximate surface area is 137 Å². The van der Waals surface area contributed by atoms with Gasteiger partial charge in [-0.3, -0.25) is 4.79 Å². The Balaban J connectivity index is 2.21. The minimum Gasteiger partial charge on any atom is -0.468 e. The smallest absolute Gasteiger partial charge is 0.407 e. The van der Waals surface area contributed by atoms with Crippen LogP contribution in [0.2, 0.25) is 0 Å². The number of hydrogen-bond donors (Lipinski definition) is 2. The molecule has 1 rings (SSSR count). The van der Waals surface area contributed by atoms with E-state index in [0.29, 0.717) is 25.4 Å². The summed E-state index contributed by atoms with van der Waals surface area (Å²) < 4.78 is 9.86. The monoisotopic (exact) mass is 322 g/mol. The summed E-state index contributed by atoms with van der Waals surface area (Å²) in [6.45, 7) is 5.15. The highest BCUT2D eigenvalue weighted by atomic mass is 16.5. The molecule has 0 aliphatic heterocycles. The summed E-state index contributed by atoms with van der Waals surface area (Å²) in [4.78, 5) is 23.2. The van der Waals surface area contributed by atoms with Crippen LogP contribution in [-0.2, 0) is 20.9 Å². The Kier molecular flexibility index (Phi) is 8.75. The fourth-order valence-corrected chi connectivity index (χ4v) is 2.06. The molecule has 0 bridgehead atoms. The highest BCUT2D eigenvalue weighted by Gasteiger charge is 2.19. The van der Waals surface area contributed by atoms with E-state index >= 15 is 0 Å². The number of nitrogens with one attached hydrogen (secondary N) is 2. The van der Waals surface area contributed by atoms with Crippen molar-refractivity contribution >= 4 is 12.1 Å². The lowest BCUT2D eigenvalue weighted by Crippen LogP contribution is -2.42. The Morgan fingerprint density at radius 3 is 2.43 bits per heavy atom. The van der Waals surface area contributed by atoms with E-state index in [4.69, 9.17) is 9.47 Å². The molecule has 1 aromatic carbocycles.